The lowest BCUT2D eigenvalue weighted by Crippen LogP contribution is -2.06. The molecule has 0 fully saturated rings. The Bertz CT molecular complexity index is 784. The van der Waals surface area contributed by atoms with Gasteiger partial charge in [-0.1, -0.05) is 6.92 Å². The SMILES string of the molecule is CCCNc1nc(-c2c[nH]c3ncc(F)cc23)ncc1F. The topological polar surface area (TPSA) is 66.5 Å². The van der Waals surface area contributed by atoms with Crippen molar-refractivity contribution in [3.05, 3.63) is 36.3 Å². The molecule has 21 heavy (non-hydrogen) atoms. The molecule has 0 aromatic carbocycles. The van der Waals surface area contributed by atoms with Crippen LogP contribution >= 0.6 is 0 Å². The van der Waals surface area contributed by atoms with E-state index in [0.29, 0.717) is 29.0 Å². The van der Waals surface area contributed by atoms with Crippen LogP contribution in [0.1, 0.15) is 13.3 Å². The molecule has 0 aliphatic rings. The molecular formula is C14H13F2N5. The fourth-order valence-corrected chi connectivity index (χ4v) is 2.03. The highest BCUT2D eigenvalue weighted by Crippen LogP contribution is 2.26. The first-order chi connectivity index (χ1) is 10.2. The number of H-pyrrole nitrogens is 1. The number of aromatic nitrogens is 4. The maximum atomic E-state index is 13.6. The zero-order valence-corrected chi connectivity index (χ0v) is 11.3. The van der Waals surface area contributed by atoms with Crippen LogP contribution in [0.25, 0.3) is 22.4 Å². The van der Waals surface area contributed by atoms with Gasteiger partial charge in [-0.3, -0.25) is 0 Å². The van der Waals surface area contributed by atoms with Gasteiger partial charge >= 0.3 is 0 Å². The lowest BCUT2D eigenvalue weighted by atomic mass is 10.2. The van der Waals surface area contributed by atoms with Crippen LogP contribution in [-0.4, -0.2) is 26.5 Å². The molecule has 3 aromatic heterocycles. The first-order valence-corrected chi connectivity index (χ1v) is 6.58. The van der Waals surface area contributed by atoms with Crippen molar-refractivity contribution >= 4 is 16.9 Å². The predicted molar refractivity (Wildman–Crippen MR) is 75.8 cm³/mol. The van der Waals surface area contributed by atoms with E-state index in [2.05, 4.69) is 25.3 Å². The maximum Gasteiger partial charge on any atom is 0.183 e. The van der Waals surface area contributed by atoms with Crippen molar-refractivity contribution in [1.82, 2.24) is 19.9 Å². The number of nitrogens with one attached hydrogen (secondary N) is 2. The van der Waals surface area contributed by atoms with E-state index in [1.54, 1.807) is 6.20 Å². The molecule has 3 aromatic rings. The van der Waals surface area contributed by atoms with E-state index in [9.17, 15) is 8.78 Å². The molecule has 0 unspecified atom stereocenters. The van der Waals surface area contributed by atoms with Crippen molar-refractivity contribution < 1.29 is 8.78 Å². The van der Waals surface area contributed by atoms with E-state index in [1.807, 2.05) is 6.92 Å². The smallest absolute Gasteiger partial charge is 0.183 e. The third-order valence-corrected chi connectivity index (χ3v) is 3.03. The van der Waals surface area contributed by atoms with Crippen molar-refractivity contribution in [3.8, 4) is 11.4 Å². The summed E-state index contributed by atoms with van der Waals surface area (Å²) in [4.78, 5) is 15.0. The number of nitrogens with zero attached hydrogens (tertiary/aromatic N) is 3. The van der Waals surface area contributed by atoms with Crippen LogP contribution in [-0.2, 0) is 0 Å². The van der Waals surface area contributed by atoms with E-state index >= 15 is 0 Å². The number of rotatable bonds is 4. The van der Waals surface area contributed by atoms with Crippen LogP contribution in [0.2, 0.25) is 0 Å². The Morgan fingerprint density at radius 2 is 2.10 bits per heavy atom. The molecule has 0 atom stereocenters. The highest BCUT2D eigenvalue weighted by atomic mass is 19.1. The molecule has 2 N–H and O–H groups in total. The second-order valence-electron chi connectivity index (χ2n) is 4.57. The molecule has 0 amide bonds. The van der Waals surface area contributed by atoms with E-state index in [1.165, 1.54) is 6.07 Å². The minimum absolute atomic E-state index is 0.139. The molecule has 0 saturated carbocycles. The lowest BCUT2D eigenvalue weighted by molar-refractivity contribution is 0.617. The first-order valence-electron chi connectivity index (χ1n) is 6.58. The highest BCUT2D eigenvalue weighted by molar-refractivity contribution is 5.91. The fraction of sp³-hybridized carbons (Fsp3) is 0.214. The third-order valence-electron chi connectivity index (χ3n) is 3.03. The average Bonchev–Trinajstić information content (AvgIpc) is 2.89. The van der Waals surface area contributed by atoms with Gasteiger partial charge in [0.15, 0.2) is 17.5 Å². The van der Waals surface area contributed by atoms with Crippen molar-refractivity contribution in [1.29, 1.82) is 0 Å². The van der Waals surface area contributed by atoms with Crippen LogP contribution in [0, 0.1) is 11.6 Å². The highest BCUT2D eigenvalue weighted by Gasteiger charge is 2.13. The van der Waals surface area contributed by atoms with E-state index in [0.717, 1.165) is 18.8 Å². The van der Waals surface area contributed by atoms with Gasteiger partial charge in [0, 0.05) is 23.7 Å². The summed E-state index contributed by atoms with van der Waals surface area (Å²) >= 11 is 0. The molecule has 3 rings (SSSR count). The summed E-state index contributed by atoms with van der Waals surface area (Å²) in [5.41, 5.74) is 1.11. The van der Waals surface area contributed by atoms with E-state index in [-0.39, 0.29) is 5.82 Å². The van der Waals surface area contributed by atoms with Crippen molar-refractivity contribution in [2.75, 3.05) is 11.9 Å². The predicted octanol–water partition coefficient (Wildman–Crippen LogP) is 3.12. The summed E-state index contributed by atoms with van der Waals surface area (Å²) in [6, 6.07) is 1.35. The maximum absolute atomic E-state index is 13.6. The van der Waals surface area contributed by atoms with Gasteiger partial charge in [-0.25, -0.2) is 23.7 Å². The lowest BCUT2D eigenvalue weighted by Gasteiger charge is -2.06. The summed E-state index contributed by atoms with van der Waals surface area (Å²) in [5.74, 6) is -0.514. The minimum atomic E-state index is -0.517. The van der Waals surface area contributed by atoms with Gasteiger partial charge in [-0.05, 0) is 12.5 Å². The second-order valence-corrected chi connectivity index (χ2v) is 4.57. The average molecular weight is 289 g/mol. The normalized spacial score (nSPS) is 11.0. The molecule has 0 bridgehead atoms. The van der Waals surface area contributed by atoms with Gasteiger partial charge in [-0.2, -0.15) is 0 Å². The Labute approximate surface area is 119 Å². The zero-order valence-electron chi connectivity index (χ0n) is 11.3. The Morgan fingerprint density at radius 1 is 1.24 bits per heavy atom. The number of aromatic amines is 1. The molecule has 108 valence electrons. The monoisotopic (exact) mass is 289 g/mol. The summed E-state index contributed by atoms with van der Waals surface area (Å²) in [5, 5.41) is 3.46. The standard InChI is InChI=1S/C14H13F2N5/c1-2-3-17-14-11(16)7-20-13(21-14)10-6-19-12-9(10)4-8(15)5-18-12/h4-7H,2-3H2,1H3,(H,18,19)(H,17,20,21). The van der Waals surface area contributed by atoms with E-state index < -0.39 is 11.6 Å². The largest absolute Gasteiger partial charge is 0.368 e. The summed E-state index contributed by atoms with van der Waals surface area (Å²) < 4.78 is 27.0. The molecule has 0 saturated heterocycles. The quantitative estimate of drug-likeness (QED) is 0.774. The van der Waals surface area contributed by atoms with Crippen molar-refractivity contribution in [2.24, 2.45) is 0 Å². The molecule has 0 aliphatic heterocycles. The molecule has 5 nitrogen and oxygen atoms in total. The van der Waals surface area contributed by atoms with Gasteiger partial charge in [0.05, 0.1) is 12.4 Å². The molecule has 3 heterocycles. The Morgan fingerprint density at radius 3 is 2.90 bits per heavy atom. The van der Waals surface area contributed by atoms with Gasteiger partial charge in [0.2, 0.25) is 0 Å². The number of hydrogen-bond donors (Lipinski definition) is 2. The molecule has 0 aliphatic carbocycles. The number of halogens is 2. The molecular weight excluding hydrogens is 276 g/mol. The van der Waals surface area contributed by atoms with Crippen LogP contribution in [0.5, 0.6) is 0 Å². The zero-order chi connectivity index (χ0) is 14.8. The molecule has 7 heteroatoms. The van der Waals surface area contributed by atoms with E-state index in [4.69, 9.17) is 0 Å². The number of fused-ring (bicyclic) bond motifs is 1. The van der Waals surface area contributed by atoms with Gasteiger partial charge in [0.1, 0.15) is 11.5 Å². The van der Waals surface area contributed by atoms with Crippen molar-refractivity contribution in [3.63, 3.8) is 0 Å². The summed E-state index contributed by atoms with van der Waals surface area (Å²) in [6.45, 7) is 2.58. The van der Waals surface area contributed by atoms with Crippen LogP contribution < -0.4 is 5.32 Å². The van der Waals surface area contributed by atoms with Crippen LogP contribution in [0.15, 0.2) is 24.7 Å². The third kappa shape index (κ3) is 2.54. The Balaban J connectivity index is 2.08. The number of pyridine rings is 1. The number of anilines is 1. The molecule has 0 radical (unpaired) electrons. The Kier molecular flexibility index (Phi) is 3.47. The van der Waals surface area contributed by atoms with Gasteiger partial charge in [-0.15, -0.1) is 0 Å². The van der Waals surface area contributed by atoms with Crippen molar-refractivity contribution in [2.45, 2.75) is 13.3 Å². The first kappa shape index (κ1) is 13.4. The Hall–Kier alpha value is -2.57. The fourth-order valence-electron chi connectivity index (χ4n) is 2.03. The second kappa shape index (κ2) is 5.43. The summed E-state index contributed by atoms with van der Waals surface area (Å²) in [7, 11) is 0. The number of hydrogen-bond acceptors (Lipinski definition) is 4. The van der Waals surface area contributed by atoms with Crippen LogP contribution in [0.3, 0.4) is 0 Å². The summed E-state index contributed by atoms with van der Waals surface area (Å²) in [6.07, 6.45) is 4.71. The van der Waals surface area contributed by atoms with Gasteiger partial charge < -0.3 is 10.3 Å². The van der Waals surface area contributed by atoms with Crippen LogP contribution in [0.4, 0.5) is 14.6 Å². The van der Waals surface area contributed by atoms with Gasteiger partial charge in [0.25, 0.3) is 0 Å². The molecule has 0 spiro atoms. The minimum Gasteiger partial charge on any atom is -0.368 e.